The lowest BCUT2D eigenvalue weighted by molar-refractivity contribution is -0.154. The van der Waals surface area contributed by atoms with Crippen molar-refractivity contribution < 1.29 is 18.7 Å². The van der Waals surface area contributed by atoms with E-state index in [-0.39, 0.29) is 24.8 Å². The molecule has 1 rings (SSSR count). The van der Waals surface area contributed by atoms with E-state index in [0.29, 0.717) is 25.5 Å². The van der Waals surface area contributed by atoms with Gasteiger partial charge in [0.25, 0.3) is 0 Å². The summed E-state index contributed by atoms with van der Waals surface area (Å²) in [7, 11) is 3.36. The number of likely N-dealkylation sites (N-methyl/N-ethyl adjacent to an activating group) is 1. The molecule has 26 heavy (non-hydrogen) atoms. The highest BCUT2D eigenvalue weighted by Gasteiger charge is 2.16. The van der Waals surface area contributed by atoms with Gasteiger partial charge in [-0.2, -0.15) is 0 Å². The average Bonchev–Trinajstić information content (AvgIpc) is 3.03. The molecular weight excluding hydrogens is 336 g/mol. The van der Waals surface area contributed by atoms with Crippen LogP contribution >= 0.6 is 0 Å². The van der Waals surface area contributed by atoms with Crippen molar-refractivity contribution in [3.8, 4) is 0 Å². The van der Waals surface area contributed by atoms with Crippen LogP contribution in [0, 0.1) is 0 Å². The topological polar surface area (TPSA) is 96.2 Å². The highest BCUT2D eigenvalue weighted by molar-refractivity contribution is 5.85. The normalized spacial score (nSPS) is 11.8. The summed E-state index contributed by atoms with van der Waals surface area (Å²) >= 11 is 0. The minimum Gasteiger partial charge on any atom is -0.469 e. The van der Waals surface area contributed by atoms with Gasteiger partial charge in [0.2, 0.25) is 5.91 Å². The zero-order valence-corrected chi connectivity index (χ0v) is 16.3. The molecular formula is C18H30N4O4. The van der Waals surface area contributed by atoms with Gasteiger partial charge in [-0.15, -0.1) is 0 Å². The molecule has 1 aromatic rings. The lowest BCUT2D eigenvalue weighted by Gasteiger charge is -2.19. The van der Waals surface area contributed by atoms with E-state index < -0.39 is 5.60 Å². The van der Waals surface area contributed by atoms with Crippen LogP contribution in [0.1, 0.15) is 33.0 Å². The second-order valence-electron chi connectivity index (χ2n) is 6.97. The number of hydrogen-bond acceptors (Lipinski definition) is 5. The number of furan rings is 1. The van der Waals surface area contributed by atoms with E-state index in [9.17, 15) is 9.59 Å². The molecule has 8 nitrogen and oxygen atoms in total. The van der Waals surface area contributed by atoms with Crippen LogP contribution in [0.4, 0.5) is 0 Å². The van der Waals surface area contributed by atoms with Gasteiger partial charge >= 0.3 is 5.97 Å². The lowest BCUT2D eigenvalue weighted by atomic mass is 10.2. The van der Waals surface area contributed by atoms with E-state index >= 15 is 0 Å². The Balaban J connectivity index is 2.49. The highest BCUT2D eigenvalue weighted by Crippen LogP contribution is 2.07. The Morgan fingerprint density at radius 1 is 1.23 bits per heavy atom. The minimum absolute atomic E-state index is 0.0233. The van der Waals surface area contributed by atoms with E-state index in [2.05, 4.69) is 15.6 Å². The van der Waals surface area contributed by atoms with Gasteiger partial charge in [0, 0.05) is 33.6 Å². The number of esters is 1. The Bertz CT molecular complexity index is 589. The van der Waals surface area contributed by atoms with Crippen LogP contribution in [0.15, 0.2) is 27.8 Å². The number of ether oxygens (including phenoxy) is 1. The molecule has 0 radical (unpaired) electrons. The average molecular weight is 366 g/mol. The molecule has 0 atom stereocenters. The molecule has 0 aromatic carbocycles. The molecule has 8 heteroatoms. The van der Waals surface area contributed by atoms with Crippen molar-refractivity contribution >= 4 is 17.8 Å². The molecule has 1 amide bonds. The molecule has 2 N–H and O–H groups in total. The van der Waals surface area contributed by atoms with Crippen LogP contribution in [0.2, 0.25) is 0 Å². The summed E-state index contributed by atoms with van der Waals surface area (Å²) in [5, 5.41) is 6.18. The third kappa shape index (κ3) is 9.71. The number of carbonyl (C=O) groups excluding carboxylic acids is 2. The summed E-state index contributed by atoms with van der Waals surface area (Å²) in [4.78, 5) is 29.2. The molecule has 0 aliphatic rings. The van der Waals surface area contributed by atoms with Crippen molar-refractivity contribution in [2.75, 3.05) is 33.7 Å². The lowest BCUT2D eigenvalue weighted by Crippen LogP contribution is -2.40. The largest absolute Gasteiger partial charge is 0.469 e. The summed E-state index contributed by atoms with van der Waals surface area (Å²) in [6, 6.07) is 3.73. The number of amides is 1. The third-order valence-corrected chi connectivity index (χ3v) is 3.16. The zero-order chi connectivity index (χ0) is 19.6. The molecule has 0 aliphatic heterocycles. The monoisotopic (exact) mass is 366 g/mol. The van der Waals surface area contributed by atoms with Gasteiger partial charge in [0.15, 0.2) is 5.96 Å². The maximum atomic E-state index is 11.8. The second kappa shape index (κ2) is 10.5. The smallest absolute Gasteiger partial charge is 0.308 e. The molecule has 0 aliphatic carbocycles. The van der Waals surface area contributed by atoms with Crippen LogP contribution in [0.3, 0.4) is 0 Å². The highest BCUT2D eigenvalue weighted by atomic mass is 16.6. The van der Waals surface area contributed by atoms with Gasteiger partial charge in [0.05, 0.1) is 12.7 Å². The Morgan fingerprint density at radius 2 is 1.92 bits per heavy atom. The minimum atomic E-state index is -0.507. The zero-order valence-electron chi connectivity index (χ0n) is 16.3. The van der Waals surface area contributed by atoms with E-state index in [1.807, 2.05) is 32.9 Å². The molecule has 1 heterocycles. The Morgan fingerprint density at radius 3 is 2.50 bits per heavy atom. The maximum absolute atomic E-state index is 11.8. The molecule has 0 saturated carbocycles. The number of nitrogens with one attached hydrogen (secondary N) is 2. The van der Waals surface area contributed by atoms with Gasteiger partial charge in [-0.25, -0.2) is 4.99 Å². The molecule has 146 valence electrons. The van der Waals surface area contributed by atoms with Crippen LogP contribution in [-0.4, -0.2) is 62.1 Å². The summed E-state index contributed by atoms with van der Waals surface area (Å²) in [5.74, 6) is 0.930. The fourth-order valence-electron chi connectivity index (χ4n) is 1.90. The van der Waals surface area contributed by atoms with Crippen molar-refractivity contribution in [1.82, 2.24) is 15.5 Å². The first kappa shape index (κ1) is 21.5. The van der Waals surface area contributed by atoms with Gasteiger partial charge in [-0.05, 0) is 32.9 Å². The van der Waals surface area contributed by atoms with Crippen molar-refractivity contribution in [3.63, 3.8) is 0 Å². The number of nitrogens with zero attached hydrogens (tertiary/aromatic N) is 2. The van der Waals surface area contributed by atoms with E-state index in [0.717, 1.165) is 5.76 Å². The number of carbonyl (C=O) groups is 2. The first-order valence-electron chi connectivity index (χ1n) is 8.64. The summed E-state index contributed by atoms with van der Waals surface area (Å²) < 4.78 is 10.5. The molecule has 0 bridgehead atoms. The molecule has 0 unspecified atom stereocenters. The Kier molecular flexibility index (Phi) is 8.67. The summed E-state index contributed by atoms with van der Waals surface area (Å²) in [6.45, 7) is 6.45. The SMILES string of the molecule is CN(C)C(=O)CN=C(NCCC(=O)OC(C)(C)C)NCCc1ccco1. The number of rotatable bonds is 8. The summed E-state index contributed by atoms with van der Waals surface area (Å²) in [5.41, 5.74) is -0.507. The number of hydrogen-bond donors (Lipinski definition) is 2. The van der Waals surface area contributed by atoms with Crippen LogP contribution in [-0.2, 0) is 20.7 Å². The second-order valence-corrected chi connectivity index (χ2v) is 6.97. The predicted octanol–water partition coefficient (Wildman–Crippen LogP) is 1.18. The third-order valence-electron chi connectivity index (χ3n) is 3.16. The van der Waals surface area contributed by atoms with Crippen LogP contribution in [0.5, 0.6) is 0 Å². The first-order chi connectivity index (χ1) is 12.2. The van der Waals surface area contributed by atoms with Gasteiger partial charge in [0.1, 0.15) is 17.9 Å². The van der Waals surface area contributed by atoms with Crippen molar-refractivity contribution in [2.45, 2.75) is 39.2 Å². The van der Waals surface area contributed by atoms with Crippen molar-refractivity contribution in [3.05, 3.63) is 24.2 Å². The first-order valence-corrected chi connectivity index (χ1v) is 8.64. The fourth-order valence-corrected chi connectivity index (χ4v) is 1.90. The van der Waals surface area contributed by atoms with Gasteiger partial charge in [-0.3, -0.25) is 9.59 Å². The van der Waals surface area contributed by atoms with E-state index in [1.165, 1.54) is 4.90 Å². The molecule has 0 fully saturated rings. The standard InChI is InChI=1S/C18H30N4O4/c1-18(2,3)26-16(24)9-11-20-17(21-13-15(23)22(4)5)19-10-8-14-7-6-12-25-14/h6-7,12H,8-11,13H2,1-5H3,(H2,19,20,21). The van der Waals surface area contributed by atoms with Crippen LogP contribution in [0.25, 0.3) is 0 Å². The maximum Gasteiger partial charge on any atom is 0.308 e. The van der Waals surface area contributed by atoms with E-state index in [1.54, 1.807) is 20.4 Å². The number of aliphatic imine (C=N–C) groups is 1. The fraction of sp³-hybridized carbons (Fsp3) is 0.611. The quantitative estimate of drug-likeness (QED) is 0.407. The molecule has 0 saturated heterocycles. The van der Waals surface area contributed by atoms with Crippen molar-refractivity contribution in [2.24, 2.45) is 4.99 Å². The number of guanidine groups is 1. The Labute approximate surface area is 155 Å². The molecule has 1 aromatic heterocycles. The summed E-state index contributed by atoms with van der Waals surface area (Å²) in [6.07, 6.45) is 2.51. The Hall–Kier alpha value is -2.51. The van der Waals surface area contributed by atoms with E-state index in [4.69, 9.17) is 9.15 Å². The van der Waals surface area contributed by atoms with Gasteiger partial charge < -0.3 is 24.7 Å². The van der Waals surface area contributed by atoms with Crippen LogP contribution < -0.4 is 10.6 Å². The molecule has 0 spiro atoms. The predicted molar refractivity (Wildman–Crippen MR) is 99.9 cm³/mol. The van der Waals surface area contributed by atoms with Gasteiger partial charge in [-0.1, -0.05) is 0 Å². The van der Waals surface area contributed by atoms with Crippen molar-refractivity contribution in [1.29, 1.82) is 0 Å².